The molecule has 11 nitrogen and oxygen atoms in total. The van der Waals surface area contributed by atoms with Crippen molar-refractivity contribution < 1.29 is 19.6 Å². The number of likely N-dealkylation sites (tertiary alicyclic amines) is 1. The molecule has 1 saturated carbocycles. The fourth-order valence-corrected chi connectivity index (χ4v) is 5.58. The van der Waals surface area contributed by atoms with Crippen molar-refractivity contribution in [2.24, 2.45) is 11.3 Å². The fourth-order valence-electron chi connectivity index (χ4n) is 5.58. The Morgan fingerprint density at radius 1 is 1.24 bits per heavy atom. The van der Waals surface area contributed by atoms with Crippen LogP contribution in [0.2, 0.25) is 0 Å². The zero-order valence-corrected chi connectivity index (χ0v) is 24.0. The Morgan fingerprint density at radius 2 is 2.07 bits per heavy atom. The Bertz CT molecular complexity index is 1430. The number of benzene rings is 1. The summed E-state index contributed by atoms with van der Waals surface area (Å²) in [5, 5.41) is 16.6. The van der Waals surface area contributed by atoms with Crippen molar-refractivity contribution in [2.45, 2.75) is 58.4 Å². The van der Waals surface area contributed by atoms with Gasteiger partial charge in [0.1, 0.15) is 6.04 Å². The van der Waals surface area contributed by atoms with Gasteiger partial charge in [-0.1, -0.05) is 25.8 Å². The molecule has 2 fully saturated rings. The number of carbonyl (C=O) groups excluding carboxylic acids is 3. The normalized spacial score (nSPS) is 17.5. The number of hydrogen-bond acceptors (Lipinski definition) is 8. The first-order valence-corrected chi connectivity index (χ1v) is 14.4. The van der Waals surface area contributed by atoms with Gasteiger partial charge >= 0.3 is 0 Å². The van der Waals surface area contributed by atoms with E-state index in [2.05, 4.69) is 25.6 Å². The highest BCUT2D eigenvalue weighted by atomic mass is 16.5. The maximum absolute atomic E-state index is 13.7. The lowest BCUT2D eigenvalue weighted by molar-refractivity contribution is -0.157. The van der Waals surface area contributed by atoms with Gasteiger partial charge in [-0.05, 0) is 73.9 Å². The molecule has 2 aliphatic rings. The van der Waals surface area contributed by atoms with E-state index < -0.39 is 12.0 Å². The molecule has 42 heavy (non-hydrogen) atoms. The molecule has 11 heteroatoms. The summed E-state index contributed by atoms with van der Waals surface area (Å²) in [7, 11) is 0. The summed E-state index contributed by atoms with van der Waals surface area (Å²) in [6.45, 7) is 4.41. The zero-order valence-electron chi connectivity index (χ0n) is 24.0. The molecule has 1 aromatic carbocycles. The van der Waals surface area contributed by atoms with Crippen LogP contribution in [0.3, 0.4) is 0 Å². The van der Waals surface area contributed by atoms with Gasteiger partial charge in [-0.2, -0.15) is 0 Å². The smallest absolute Gasteiger partial charge is 0.247 e. The molecule has 3 amide bonds. The summed E-state index contributed by atoms with van der Waals surface area (Å²) in [5.41, 5.74) is 3.86. The van der Waals surface area contributed by atoms with E-state index in [9.17, 15) is 19.6 Å². The quantitative estimate of drug-likeness (QED) is 0.163. The number of amides is 3. The lowest BCUT2D eigenvalue weighted by atomic mass is 9.99. The average Bonchev–Trinajstić information content (AvgIpc) is 3.66. The highest BCUT2D eigenvalue weighted by Gasteiger charge is 2.55. The summed E-state index contributed by atoms with van der Waals surface area (Å²) in [5.74, 6) is -0.591. The summed E-state index contributed by atoms with van der Waals surface area (Å²) in [6, 6.07) is 10.5. The second-order valence-electron chi connectivity index (χ2n) is 11.4. The molecule has 220 valence electrons. The van der Waals surface area contributed by atoms with E-state index in [1.54, 1.807) is 23.5 Å². The van der Waals surface area contributed by atoms with Crippen LogP contribution in [0, 0.1) is 18.3 Å². The van der Waals surface area contributed by atoms with Crippen LogP contribution >= 0.6 is 0 Å². The molecule has 1 aliphatic heterocycles. The van der Waals surface area contributed by atoms with E-state index in [0.717, 1.165) is 48.2 Å². The standard InChI is InChI=1S/C31H37N7O4/c1-3-4-6-23(18-37(42)20-39)29(41)38-19-31(11-12-31)16-27(38)28(40)34-24-9-8-21(2)26(15-24)36-30-33-14-10-25(35-30)22-7-5-13-32-17-22/h5,7-10,13-15,17,20,23,27,42H,3-4,6,11-12,16,18-19H2,1-2H3,(H,34,40)(H,33,35,36)/t23-,27+/m1/s1. The third-order valence-electron chi connectivity index (χ3n) is 8.20. The number of hydrogen-bond donors (Lipinski definition) is 3. The van der Waals surface area contributed by atoms with Crippen molar-refractivity contribution in [1.29, 1.82) is 0 Å². The molecule has 2 aromatic heterocycles. The highest BCUT2D eigenvalue weighted by Crippen LogP contribution is 2.55. The number of rotatable bonds is 12. The predicted molar refractivity (Wildman–Crippen MR) is 158 cm³/mol. The summed E-state index contributed by atoms with van der Waals surface area (Å²) >= 11 is 0. The minimum absolute atomic E-state index is 0.0207. The minimum atomic E-state index is -0.621. The molecule has 2 atom stereocenters. The van der Waals surface area contributed by atoms with Gasteiger partial charge < -0.3 is 15.5 Å². The van der Waals surface area contributed by atoms with Crippen LogP contribution in [0.1, 0.15) is 51.0 Å². The number of aromatic nitrogens is 3. The summed E-state index contributed by atoms with van der Waals surface area (Å²) in [4.78, 5) is 53.2. The molecule has 0 radical (unpaired) electrons. The number of aryl methyl sites for hydroxylation is 1. The number of hydroxylamine groups is 2. The van der Waals surface area contributed by atoms with Crippen molar-refractivity contribution in [3.8, 4) is 11.3 Å². The minimum Gasteiger partial charge on any atom is -0.330 e. The Labute approximate surface area is 245 Å². The zero-order chi connectivity index (χ0) is 29.7. The van der Waals surface area contributed by atoms with Gasteiger partial charge in [-0.3, -0.25) is 24.6 Å². The van der Waals surface area contributed by atoms with Crippen LogP contribution in [-0.4, -0.2) is 67.5 Å². The first kappa shape index (κ1) is 29.1. The fraction of sp³-hybridized carbons (Fsp3) is 0.419. The maximum Gasteiger partial charge on any atom is 0.247 e. The summed E-state index contributed by atoms with van der Waals surface area (Å²) < 4.78 is 0. The largest absolute Gasteiger partial charge is 0.330 e. The molecule has 5 rings (SSSR count). The van der Waals surface area contributed by atoms with Crippen LogP contribution in [0.4, 0.5) is 17.3 Å². The lowest BCUT2D eigenvalue weighted by Crippen LogP contribution is -2.47. The van der Waals surface area contributed by atoms with Crippen molar-refractivity contribution in [1.82, 2.24) is 24.9 Å². The van der Waals surface area contributed by atoms with E-state index >= 15 is 0 Å². The number of nitrogens with zero attached hydrogens (tertiary/aromatic N) is 5. The first-order valence-electron chi connectivity index (χ1n) is 14.4. The third kappa shape index (κ3) is 6.73. The van der Waals surface area contributed by atoms with Crippen molar-refractivity contribution in [3.63, 3.8) is 0 Å². The molecule has 3 heterocycles. The monoisotopic (exact) mass is 571 g/mol. The number of carbonyl (C=O) groups is 3. The molecule has 1 saturated heterocycles. The number of anilines is 3. The van der Waals surface area contributed by atoms with Crippen LogP contribution in [0.5, 0.6) is 0 Å². The predicted octanol–water partition coefficient (Wildman–Crippen LogP) is 4.56. The second-order valence-corrected chi connectivity index (χ2v) is 11.4. The maximum atomic E-state index is 13.7. The molecular weight excluding hydrogens is 534 g/mol. The van der Waals surface area contributed by atoms with E-state index in [1.165, 1.54) is 0 Å². The van der Waals surface area contributed by atoms with Crippen LogP contribution in [0.25, 0.3) is 11.3 Å². The SMILES string of the molecule is CCCC[C@H](CN(O)C=O)C(=O)N1CC2(CC2)C[C@H]1C(=O)Nc1ccc(C)c(Nc2nccc(-c3cccnc3)n2)c1. The highest BCUT2D eigenvalue weighted by molar-refractivity contribution is 5.98. The molecule has 3 aromatic rings. The second kappa shape index (κ2) is 12.6. The Kier molecular flexibility index (Phi) is 8.77. The van der Waals surface area contributed by atoms with Crippen LogP contribution in [0.15, 0.2) is 55.0 Å². The van der Waals surface area contributed by atoms with Crippen molar-refractivity contribution in [2.75, 3.05) is 23.7 Å². The van der Waals surface area contributed by atoms with E-state index in [1.807, 2.05) is 50.2 Å². The van der Waals surface area contributed by atoms with Gasteiger partial charge in [0.25, 0.3) is 0 Å². The van der Waals surface area contributed by atoms with Gasteiger partial charge in [0, 0.05) is 42.1 Å². The number of pyridine rings is 1. The van der Waals surface area contributed by atoms with E-state index in [-0.39, 0.29) is 23.8 Å². The van der Waals surface area contributed by atoms with E-state index in [0.29, 0.717) is 42.5 Å². The Balaban J connectivity index is 1.31. The van der Waals surface area contributed by atoms with Gasteiger partial charge in [0.05, 0.1) is 18.2 Å². The first-order chi connectivity index (χ1) is 20.3. The lowest BCUT2D eigenvalue weighted by Gasteiger charge is -2.29. The van der Waals surface area contributed by atoms with Gasteiger partial charge in [0.15, 0.2) is 0 Å². The molecule has 1 spiro atoms. The summed E-state index contributed by atoms with van der Waals surface area (Å²) in [6.07, 6.45) is 10.2. The van der Waals surface area contributed by atoms with Gasteiger partial charge in [-0.25, -0.2) is 15.0 Å². The molecule has 0 unspecified atom stereocenters. The molecule has 0 bridgehead atoms. The number of nitrogens with one attached hydrogen (secondary N) is 2. The number of unbranched alkanes of at least 4 members (excludes halogenated alkanes) is 1. The topological polar surface area (TPSA) is 141 Å². The van der Waals surface area contributed by atoms with Gasteiger partial charge in [0.2, 0.25) is 24.2 Å². The Hall–Kier alpha value is -4.38. The van der Waals surface area contributed by atoms with Crippen molar-refractivity contribution >= 4 is 35.5 Å². The molecular formula is C31H37N7O4. The Morgan fingerprint density at radius 3 is 2.79 bits per heavy atom. The average molecular weight is 572 g/mol. The molecule has 3 N–H and O–H groups in total. The van der Waals surface area contributed by atoms with Crippen LogP contribution < -0.4 is 10.6 Å². The van der Waals surface area contributed by atoms with Crippen LogP contribution in [-0.2, 0) is 14.4 Å². The van der Waals surface area contributed by atoms with Crippen molar-refractivity contribution in [3.05, 3.63) is 60.6 Å². The van der Waals surface area contributed by atoms with E-state index in [4.69, 9.17) is 0 Å². The molecule has 1 aliphatic carbocycles. The third-order valence-corrected chi connectivity index (χ3v) is 8.20. The van der Waals surface area contributed by atoms with Gasteiger partial charge in [-0.15, -0.1) is 0 Å².